The summed E-state index contributed by atoms with van der Waals surface area (Å²) in [4.78, 5) is 17.2. The van der Waals surface area contributed by atoms with Crippen LogP contribution < -0.4 is 32.6 Å². The predicted octanol–water partition coefficient (Wildman–Crippen LogP) is -3.05. The van der Waals surface area contributed by atoms with Crippen LogP contribution in [0.15, 0.2) is 35.9 Å². The molecule has 4 rings (SSSR count). The number of amides is 1. The van der Waals surface area contributed by atoms with E-state index < -0.39 is 5.91 Å². The van der Waals surface area contributed by atoms with Crippen molar-refractivity contribution < 1.29 is 4.79 Å². The maximum atomic E-state index is 12.8. The van der Waals surface area contributed by atoms with E-state index in [-0.39, 0.29) is 49.6 Å². The van der Waals surface area contributed by atoms with Gasteiger partial charge in [-0.05, 0) is 36.2 Å². The Balaban J connectivity index is 1.68. The third-order valence-corrected chi connectivity index (χ3v) is 5.85. The first-order chi connectivity index (χ1) is 16.5. The van der Waals surface area contributed by atoms with Gasteiger partial charge < -0.3 is 9.88 Å². The highest BCUT2D eigenvalue weighted by Gasteiger charge is 2.16. The van der Waals surface area contributed by atoms with Gasteiger partial charge in [-0.1, -0.05) is 22.5 Å². The van der Waals surface area contributed by atoms with Crippen molar-refractivity contribution >= 4 is 110 Å². The predicted molar refractivity (Wildman–Crippen MR) is 147 cm³/mol. The largest absolute Gasteiger partial charge is 0.331 e. The number of aromatic nitrogens is 4. The van der Waals surface area contributed by atoms with Crippen LogP contribution in [0, 0.1) is 6.92 Å². The first kappa shape index (κ1) is 24.8. The molecule has 0 atom stereocenters. The van der Waals surface area contributed by atoms with Crippen LogP contribution in [0.1, 0.15) is 11.4 Å². The quantitative estimate of drug-likeness (QED) is 0.272. The van der Waals surface area contributed by atoms with E-state index in [1.165, 1.54) is 0 Å². The summed E-state index contributed by atoms with van der Waals surface area (Å²) in [6.07, 6.45) is 1.79. The maximum Gasteiger partial charge on any atom is 0.241 e. The van der Waals surface area contributed by atoms with Gasteiger partial charge in [0.05, 0.1) is 17.4 Å². The second-order valence-corrected chi connectivity index (χ2v) is 7.98. The lowest BCUT2D eigenvalue weighted by Gasteiger charge is -2.23. The molecule has 0 fully saturated rings. The van der Waals surface area contributed by atoms with Crippen molar-refractivity contribution in [1.29, 1.82) is 0 Å². The van der Waals surface area contributed by atoms with Crippen LogP contribution in [-0.4, -0.2) is 80.6 Å². The first-order valence-corrected chi connectivity index (χ1v) is 10.4. The van der Waals surface area contributed by atoms with Crippen LogP contribution in [-0.2, 0) is 11.8 Å². The molecule has 1 N–H and O–H groups in total. The Hall–Kier alpha value is -3.35. The second-order valence-electron chi connectivity index (χ2n) is 7.98. The Bertz CT molecular complexity index is 1520. The summed E-state index contributed by atoms with van der Waals surface area (Å²) < 4.78 is 1.97. The van der Waals surface area contributed by atoms with E-state index in [2.05, 4.69) is 20.5 Å². The summed E-state index contributed by atoms with van der Waals surface area (Å²) in [5, 5.41) is 11.5. The summed E-state index contributed by atoms with van der Waals surface area (Å²) in [6, 6.07) is 7.34. The molecule has 6 nitrogen and oxygen atoms in total. The van der Waals surface area contributed by atoms with Gasteiger partial charge in [0.1, 0.15) is 60.7 Å². The molecular weight excluding hydrogens is 426 g/mol. The number of rotatable bonds is 4. The van der Waals surface area contributed by atoms with Gasteiger partial charge >= 0.3 is 0 Å². The standard InChI is InChI=1S/C22H12B7N5O/c1-8-30-7-12(34(8)2)9-3-4-11-10(5-9)6-13(33-32-11)31-22(35)21(29)17(25)14-15(23)18(26)20(28)19(27)16(14)24/h3-7H,1-2H3,(H,31,33,35)/b21-17+. The minimum absolute atomic E-state index is 0.0114. The minimum atomic E-state index is -0.748. The Morgan fingerprint density at radius 2 is 1.54 bits per heavy atom. The summed E-state index contributed by atoms with van der Waals surface area (Å²) >= 11 is 0. The van der Waals surface area contributed by atoms with Gasteiger partial charge in [0.2, 0.25) is 5.91 Å². The summed E-state index contributed by atoms with van der Waals surface area (Å²) in [5.74, 6) is 0.294. The van der Waals surface area contributed by atoms with Gasteiger partial charge in [0.15, 0.2) is 5.82 Å². The maximum absolute atomic E-state index is 12.8. The Morgan fingerprint density at radius 3 is 2.14 bits per heavy atom. The zero-order valence-electron chi connectivity index (χ0n) is 19.1. The smallest absolute Gasteiger partial charge is 0.241 e. The number of anilines is 1. The molecule has 1 amide bonds. The Morgan fingerprint density at radius 1 is 0.914 bits per heavy atom. The molecule has 0 aliphatic heterocycles. The fraction of sp³-hybridized carbons (Fsp3) is 0.0909. The van der Waals surface area contributed by atoms with E-state index in [1.807, 2.05) is 36.7 Å². The number of carbonyl (C=O) groups is 1. The average molecular weight is 438 g/mol. The van der Waals surface area contributed by atoms with Crippen molar-refractivity contribution in [2.24, 2.45) is 7.05 Å². The molecule has 35 heavy (non-hydrogen) atoms. The highest BCUT2D eigenvalue weighted by Crippen LogP contribution is 2.25. The van der Waals surface area contributed by atoms with Crippen molar-refractivity contribution in [3.63, 3.8) is 0 Å². The van der Waals surface area contributed by atoms with E-state index >= 15 is 0 Å². The van der Waals surface area contributed by atoms with Crippen molar-refractivity contribution in [3.8, 4) is 11.3 Å². The molecule has 0 aliphatic carbocycles. The molecular formula is C22H12B7N5O. The number of nitrogens with one attached hydrogen (secondary N) is 1. The highest BCUT2D eigenvalue weighted by atomic mass is 16.1. The molecule has 0 spiro atoms. The first-order valence-electron chi connectivity index (χ1n) is 10.4. The van der Waals surface area contributed by atoms with Crippen molar-refractivity contribution in [1.82, 2.24) is 19.7 Å². The molecule has 2 heterocycles. The van der Waals surface area contributed by atoms with Crippen LogP contribution in [0.25, 0.3) is 27.6 Å². The third kappa shape index (κ3) is 4.40. The van der Waals surface area contributed by atoms with E-state index in [1.54, 1.807) is 12.3 Å². The lowest BCUT2D eigenvalue weighted by molar-refractivity contribution is -0.112. The molecule has 152 valence electrons. The van der Waals surface area contributed by atoms with Gasteiger partial charge in [-0.15, -0.1) is 26.6 Å². The van der Waals surface area contributed by atoms with Crippen LogP contribution in [0.2, 0.25) is 0 Å². The lowest BCUT2D eigenvalue weighted by atomic mass is 9.57. The Kier molecular flexibility index (Phi) is 6.63. The van der Waals surface area contributed by atoms with Crippen molar-refractivity contribution in [3.05, 3.63) is 47.3 Å². The van der Waals surface area contributed by atoms with Gasteiger partial charge in [0, 0.05) is 18.0 Å². The number of fused-ring (bicyclic) bond motifs is 1. The molecule has 0 saturated carbocycles. The highest BCUT2D eigenvalue weighted by molar-refractivity contribution is 6.70. The monoisotopic (exact) mass is 439 g/mol. The lowest BCUT2D eigenvalue weighted by Crippen LogP contribution is -2.56. The van der Waals surface area contributed by atoms with Crippen LogP contribution in [0.3, 0.4) is 0 Å². The molecule has 0 unspecified atom stereocenters. The molecule has 13 heteroatoms. The average Bonchev–Trinajstić information content (AvgIpc) is 3.18. The molecule has 0 aliphatic rings. The number of carbonyl (C=O) groups excluding carboxylic acids is 1. The summed E-state index contributed by atoms with van der Waals surface area (Å²) in [6.45, 7) is 1.92. The number of hydrogen-bond donors (Lipinski definition) is 1. The number of aryl methyl sites for hydroxylation is 1. The van der Waals surface area contributed by atoms with E-state index in [0.29, 0.717) is 5.52 Å². The van der Waals surface area contributed by atoms with Crippen LogP contribution in [0.5, 0.6) is 0 Å². The third-order valence-electron chi connectivity index (χ3n) is 5.85. The molecule has 0 bridgehead atoms. The molecule has 0 saturated heterocycles. The molecule has 14 radical (unpaired) electrons. The fourth-order valence-electron chi connectivity index (χ4n) is 3.62. The van der Waals surface area contributed by atoms with Crippen LogP contribution >= 0.6 is 0 Å². The molecule has 2 aromatic heterocycles. The van der Waals surface area contributed by atoms with E-state index in [0.717, 1.165) is 22.5 Å². The normalized spacial score (nSPS) is 11.9. The number of benzene rings is 2. The van der Waals surface area contributed by atoms with Crippen molar-refractivity contribution in [2.45, 2.75) is 6.92 Å². The minimum Gasteiger partial charge on any atom is -0.331 e. The van der Waals surface area contributed by atoms with E-state index in [9.17, 15) is 4.79 Å². The molecule has 4 aromatic rings. The van der Waals surface area contributed by atoms with Gasteiger partial charge in [-0.2, -0.15) is 0 Å². The van der Waals surface area contributed by atoms with Gasteiger partial charge in [-0.25, -0.2) is 4.98 Å². The summed E-state index contributed by atoms with van der Waals surface area (Å²) in [7, 11) is 43.6. The SMILES string of the molecule is [B]/C(C(=O)Nc1cc2cc(-c3cnc(C)n3C)ccc2nn1)=C(/[B])c1c([B])c([B])c([B])c([B])c1[B]. The summed E-state index contributed by atoms with van der Waals surface area (Å²) in [5.41, 5.74) is 1.88. The zero-order chi connectivity index (χ0) is 25.6. The number of nitrogens with zero attached hydrogens (tertiary/aromatic N) is 4. The molecule has 2 aromatic carbocycles. The van der Waals surface area contributed by atoms with Crippen molar-refractivity contribution in [2.75, 3.05) is 5.32 Å². The number of hydrogen-bond acceptors (Lipinski definition) is 4. The van der Waals surface area contributed by atoms with Crippen LogP contribution in [0.4, 0.5) is 5.82 Å². The number of imidazole rings is 1. The van der Waals surface area contributed by atoms with Gasteiger partial charge in [0.25, 0.3) is 0 Å². The second kappa shape index (κ2) is 9.36. The Labute approximate surface area is 212 Å². The van der Waals surface area contributed by atoms with E-state index in [4.69, 9.17) is 54.9 Å². The zero-order valence-corrected chi connectivity index (χ0v) is 19.1. The fourth-order valence-corrected chi connectivity index (χ4v) is 3.62. The van der Waals surface area contributed by atoms with Gasteiger partial charge in [-0.3, -0.25) is 4.79 Å². The topological polar surface area (TPSA) is 72.7 Å².